The number of para-hydroxylation sites is 1. The molecule has 1 aromatic carbocycles. The number of aliphatic hydroxyl groups is 1. The molecule has 1 aromatic rings. The SMILES string of the molecule is O=C1NC(=O)C(C2=CCC(Oc3ccccc3)C=C2)(N2CCNCC2)C(O)N1. The quantitative estimate of drug-likeness (QED) is 0.588. The highest BCUT2D eigenvalue weighted by molar-refractivity contribution is 6.05. The van der Waals surface area contributed by atoms with Crippen molar-refractivity contribution in [2.24, 2.45) is 0 Å². The van der Waals surface area contributed by atoms with Gasteiger partial charge in [0.2, 0.25) is 0 Å². The zero-order chi connectivity index (χ0) is 19.6. The molecule has 28 heavy (non-hydrogen) atoms. The Morgan fingerprint density at radius 1 is 1.14 bits per heavy atom. The molecule has 2 heterocycles. The first-order valence-electron chi connectivity index (χ1n) is 9.47. The van der Waals surface area contributed by atoms with Gasteiger partial charge in [-0.3, -0.25) is 15.0 Å². The molecule has 0 spiro atoms. The maximum absolute atomic E-state index is 13.0. The van der Waals surface area contributed by atoms with E-state index in [2.05, 4.69) is 16.0 Å². The zero-order valence-corrected chi connectivity index (χ0v) is 15.4. The van der Waals surface area contributed by atoms with Crippen molar-refractivity contribution in [3.05, 3.63) is 54.1 Å². The van der Waals surface area contributed by atoms with Gasteiger partial charge in [0.05, 0.1) is 0 Å². The Kier molecular flexibility index (Phi) is 5.17. The molecule has 4 N–H and O–H groups in total. The molecule has 148 valence electrons. The molecule has 3 atom stereocenters. The average molecular weight is 384 g/mol. The average Bonchev–Trinajstić information content (AvgIpc) is 2.70. The molecule has 2 aliphatic heterocycles. The fourth-order valence-electron chi connectivity index (χ4n) is 4.04. The first-order valence-corrected chi connectivity index (χ1v) is 9.47. The maximum atomic E-state index is 13.0. The van der Waals surface area contributed by atoms with Crippen LogP contribution in [0.5, 0.6) is 5.75 Å². The van der Waals surface area contributed by atoms with Gasteiger partial charge in [-0.05, 0) is 23.8 Å². The number of hydrogen-bond donors (Lipinski definition) is 4. The van der Waals surface area contributed by atoms with Gasteiger partial charge in [0, 0.05) is 32.6 Å². The summed E-state index contributed by atoms with van der Waals surface area (Å²) in [6.45, 7) is 2.56. The third kappa shape index (κ3) is 3.30. The van der Waals surface area contributed by atoms with Crippen LogP contribution in [0, 0.1) is 0 Å². The lowest BCUT2D eigenvalue weighted by Gasteiger charge is -2.50. The van der Waals surface area contributed by atoms with Gasteiger partial charge in [-0.1, -0.05) is 30.4 Å². The van der Waals surface area contributed by atoms with E-state index in [-0.39, 0.29) is 6.10 Å². The summed E-state index contributed by atoms with van der Waals surface area (Å²) in [7, 11) is 0. The summed E-state index contributed by atoms with van der Waals surface area (Å²) in [5.41, 5.74) is -0.697. The number of piperazine rings is 1. The number of aliphatic hydroxyl groups excluding tert-OH is 1. The Morgan fingerprint density at radius 3 is 2.54 bits per heavy atom. The molecule has 3 amide bonds. The molecule has 8 nitrogen and oxygen atoms in total. The monoisotopic (exact) mass is 384 g/mol. The van der Waals surface area contributed by atoms with Gasteiger partial charge >= 0.3 is 6.03 Å². The topological polar surface area (TPSA) is 103 Å². The number of amides is 3. The van der Waals surface area contributed by atoms with Crippen molar-refractivity contribution in [1.82, 2.24) is 20.9 Å². The standard InChI is InChI=1S/C20H24N4O4/c25-17-20(18(26)23-19(27)22-17,24-12-10-21-11-13-24)14-6-8-16(9-7-14)28-15-4-2-1-3-5-15/h1-8,16-17,21,25H,9-13H2,(H2,22,23,26,27). The molecule has 8 heteroatoms. The number of carbonyl (C=O) groups is 2. The second-order valence-corrected chi connectivity index (χ2v) is 7.06. The van der Waals surface area contributed by atoms with Gasteiger partial charge in [-0.15, -0.1) is 0 Å². The van der Waals surface area contributed by atoms with E-state index in [0.717, 1.165) is 5.75 Å². The zero-order valence-electron chi connectivity index (χ0n) is 15.4. The number of urea groups is 1. The Balaban J connectivity index is 1.60. The van der Waals surface area contributed by atoms with Crippen LogP contribution in [0.1, 0.15) is 6.42 Å². The van der Waals surface area contributed by atoms with Crippen molar-refractivity contribution < 1.29 is 19.4 Å². The molecule has 0 saturated carbocycles. The minimum Gasteiger partial charge on any atom is -0.486 e. The molecule has 2 saturated heterocycles. The highest BCUT2D eigenvalue weighted by Gasteiger charge is 2.56. The molecule has 1 aliphatic carbocycles. The molecular weight excluding hydrogens is 360 g/mol. The van der Waals surface area contributed by atoms with Gasteiger partial charge in [0.1, 0.15) is 11.9 Å². The Morgan fingerprint density at radius 2 is 1.89 bits per heavy atom. The van der Waals surface area contributed by atoms with Gasteiger partial charge in [0.25, 0.3) is 5.91 Å². The van der Waals surface area contributed by atoms with E-state index in [9.17, 15) is 14.7 Å². The van der Waals surface area contributed by atoms with Crippen LogP contribution in [0.3, 0.4) is 0 Å². The fourth-order valence-corrected chi connectivity index (χ4v) is 4.04. The molecule has 3 unspecified atom stereocenters. The predicted molar refractivity (Wildman–Crippen MR) is 103 cm³/mol. The summed E-state index contributed by atoms with van der Waals surface area (Å²) >= 11 is 0. The van der Waals surface area contributed by atoms with Crippen LogP contribution in [0.4, 0.5) is 4.79 Å². The summed E-state index contributed by atoms with van der Waals surface area (Å²) in [6.07, 6.45) is 4.68. The first-order chi connectivity index (χ1) is 13.6. The highest BCUT2D eigenvalue weighted by atomic mass is 16.5. The van der Waals surface area contributed by atoms with E-state index in [0.29, 0.717) is 38.2 Å². The van der Waals surface area contributed by atoms with Gasteiger partial charge in [-0.25, -0.2) is 4.79 Å². The lowest BCUT2D eigenvalue weighted by molar-refractivity contribution is -0.141. The highest BCUT2D eigenvalue weighted by Crippen LogP contribution is 2.34. The van der Waals surface area contributed by atoms with Crippen LogP contribution in [0.25, 0.3) is 0 Å². The minimum atomic E-state index is -1.36. The summed E-state index contributed by atoms with van der Waals surface area (Å²) in [5.74, 6) is 0.262. The van der Waals surface area contributed by atoms with Crippen molar-refractivity contribution >= 4 is 11.9 Å². The molecule has 0 radical (unpaired) electrons. The molecule has 0 bridgehead atoms. The second kappa shape index (κ2) is 7.75. The van der Waals surface area contributed by atoms with Crippen molar-refractivity contribution in [3.8, 4) is 5.75 Å². The summed E-state index contributed by atoms with van der Waals surface area (Å²) in [4.78, 5) is 26.6. The van der Waals surface area contributed by atoms with Crippen LogP contribution in [-0.4, -0.2) is 66.0 Å². The Labute approximate surface area is 163 Å². The lowest BCUT2D eigenvalue weighted by Crippen LogP contribution is -2.77. The second-order valence-electron chi connectivity index (χ2n) is 7.06. The van der Waals surface area contributed by atoms with Crippen LogP contribution in [0.15, 0.2) is 54.1 Å². The van der Waals surface area contributed by atoms with E-state index in [1.807, 2.05) is 53.5 Å². The fraction of sp³-hybridized carbons (Fsp3) is 0.400. The predicted octanol–water partition coefficient (Wildman–Crippen LogP) is 0.122. The normalized spacial score (nSPS) is 31.0. The number of carbonyl (C=O) groups excluding carboxylic acids is 2. The minimum absolute atomic E-state index is 0.162. The Bertz CT molecular complexity index is 804. The van der Waals surface area contributed by atoms with E-state index in [1.54, 1.807) is 0 Å². The molecule has 2 fully saturated rings. The van der Waals surface area contributed by atoms with Crippen molar-refractivity contribution in [3.63, 3.8) is 0 Å². The van der Waals surface area contributed by atoms with Crippen molar-refractivity contribution in [2.75, 3.05) is 26.2 Å². The summed E-state index contributed by atoms with van der Waals surface area (Å²) in [6, 6.07) is 8.85. The van der Waals surface area contributed by atoms with Crippen LogP contribution < -0.4 is 20.7 Å². The largest absolute Gasteiger partial charge is 0.486 e. The third-order valence-corrected chi connectivity index (χ3v) is 5.38. The van der Waals surface area contributed by atoms with E-state index in [4.69, 9.17) is 4.74 Å². The van der Waals surface area contributed by atoms with Crippen molar-refractivity contribution in [2.45, 2.75) is 24.3 Å². The van der Waals surface area contributed by atoms with Crippen LogP contribution in [-0.2, 0) is 4.79 Å². The number of nitrogens with zero attached hydrogens (tertiary/aromatic N) is 1. The number of imide groups is 1. The number of nitrogens with one attached hydrogen (secondary N) is 3. The van der Waals surface area contributed by atoms with E-state index < -0.39 is 23.7 Å². The molecular formula is C20H24N4O4. The van der Waals surface area contributed by atoms with Gasteiger partial charge in [0.15, 0.2) is 11.8 Å². The molecule has 4 rings (SSSR count). The van der Waals surface area contributed by atoms with Crippen LogP contribution >= 0.6 is 0 Å². The van der Waals surface area contributed by atoms with Gasteiger partial charge < -0.3 is 20.5 Å². The number of benzene rings is 1. The number of hydrogen-bond acceptors (Lipinski definition) is 6. The van der Waals surface area contributed by atoms with Crippen LogP contribution in [0.2, 0.25) is 0 Å². The van der Waals surface area contributed by atoms with E-state index in [1.165, 1.54) is 0 Å². The lowest BCUT2D eigenvalue weighted by atomic mass is 9.80. The van der Waals surface area contributed by atoms with Gasteiger partial charge in [-0.2, -0.15) is 0 Å². The van der Waals surface area contributed by atoms with Crippen molar-refractivity contribution in [1.29, 1.82) is 0 Å². The smallest absolute Gasteiger partial charge is 0.323 e. The number of rotatable bonds is 4. The third-order valence-electron chi connectivity index (χ3n) is 5.38. The molecule has 3 aliphatic rings. The molecule has 0 aromatic heterocycles. The van der Waals surface area contributed by atoms with E-state index >= 15 is 0 Å². The summed E-state index contributed by atoms with van der Waals surface area (Å²) in [5, 5.41) is 18.8. The maximum Gasteiger partial charge on any atom is 0.323 e. The Hall–Kier alpha value is -2.68. The number of ether oxygens (including phenoxy) is 1. The first kappa shape index (κ1) is 18.7. The summed E-state index contributed by atoms with van der Waals surface area (Å²) < 4.78 is 5.95.